The van der Waals surface area contributed by atoms with Crippen LogP contribution in [0.1, 0.15) is 61.5 Å². The molecule has 4 aromatic carbocycles. The molecule has 0 spiro atoms. The average Bonchev–Trinajstić information content (AvgIpc) is 3.21. The Kier molecular flexibility index (Phi) is 8.01. The summed E-state index contributed by atoms with van der Waals surface area (Å²) in [7, 11) is 0. The van der Waals surface area contributed by atoms with Gasteiger partial charge in [-0.25, -0.2) is 0 Å². The molecule has 0 fully saturated rings. The van der Waals surface area contributed by atoms with E-state index in [1.165, 1.54) is 16.7 Å². The molecule has 0 N–H and O–H groups in total. The first-order valence-corrected chi connectivity index (χ1v) is 13.8. The summed E-state index contributed by atoms with van der Waals surface area (Å²) >= 11 is 7.09. The Labute approximate surface area is 232 Å². The minimum Gasteiger partial charge on any atom is -0.479 e. The van der Waals surface area contributed by atoms with Crippen LogP contribution in [0.5, 0.6) is 0 Å². The fraction of sp³-hybridized carbons (Fsp3) is 0.156. The number of thiocarbonyl (C=S) groups is 1. The minimum absolute atomic E-state index is 0.243. The van der Waals surface area contributed by atoms with E-state index in [1.54, 1.807) is 24.3 Å². The first-order valence-electron chi connectivity index (χ1n) is 12.5. The smallest absolute Gasteiger partial charge is 0.262 e. The van der Waals surface area contributed by atoms with Crippen LogP contribution < -0.4 is 0 Å². The van der Waals surface area contributed by atoms with Crippen LogP contribution in [0.2, 0.25) is 0 Å². The highest BCUT2D eigenvalue weighted by Gasteiger charge is 2.46. The number of carbonyl (C=O) groups excluding carboxylic acids is 2. The molecular weight excluding hydrogens is 510 g/mol. The highest BCUT2D eigenvalue weighted by atomic mass is 32.2. The molecule has 38 heavy (non-hydrogen) atoms. The largest absolute Gasteiger partial charge is 0.479 e. The van der Waals surface area contributed by atoms with E-state index in [-0.39, 0.29) is 23.0 Å². The monoisotopic (exact) mass is 537 g/mol. The van der Waals surface area contributed by atoms with E-state index in [1.807, 2.05) is 73.7 Å². The normalized spacial score (nSPS) is 15.0. The van der Waals surface area contributed by atoms with Gasteiger partial charge < -0.3 is 4.74 Å². The third-order valence-corrected chi connectivity index (χ3v) is 8.25. The number of rotatable bonds is 8. The summed E-state index contributed by atoms with van der Waals surface area (Å²) in [5.74, 6) is -0.902. The molecule has 6 heteroatoms. The topological polar surface area (TPSA) is 46.6 Å². The lowest BCUT2D eigenvalue weighted by Gasteiger charge is -2.38. The Balaban J connectivity index is 1.73. The third kappa shape index (κ3) is 5.15. The van der Waals surface area contributed by atoms with Gasteiger partial charge in [-0.05, 0) is 48.0 Å². The van der Waals surface area contributed by atoms with Gasteiger partial charge in [-0.3, -0.25) is 14.5 Å². The van der Waals surface area contributed by atoms with Crippen LogP contribution in [-0.4, -0.2) is 27.7 Å². The Hall–Kier alpha value is -3.74. The van der Waals surface area contributed by atoms with Gasteiger partial charge in [-0.15, -0.1) is 0 Å². The number of ether oxygens (including phenoxy) is 1. The van der Waals surface area contributed by atoms with Gasteiger partial charge in [0.15, 0.2) is 0 Å². The number of nitrogens with zero attached hydrogens (tertiary/aromatic N) is 1. The maximum atomic E-state index is 13.9. The minimum atomic E-state index is -0.590. The van der Waals surface area contributed by atoms with Crippen LogP contribution in [0, 0.1) is 0 Å². The zero-order chi connectivity index (χ0) is 26.5. The summed E-state index contributed by atoms with van der Waals surface area (Å²) in [6.07, 6.45) is 0. The highest BCUT2D eigenvalue weighted by molar-refractivity contribution is 8.22. The zero-order valence-electron chi connectivity index (χ0n) is 20.9. The summed E-state index contributed by atoms with van der Waals surface area (Å²) in [5.41, 5.74) is 3.77. The van der Waals surface area contributed by atoms with Gasteiger partial charge in [0.05, 0.1) is 23.8 Å². The summed E-state index contributed by atoms with van der Waals surface area (Å²) in [5, 5.41) is -0.243. The van der Waals surface area contributed by atoms with E-state index in [4.69, 9.17) is 17.0 Å². The van der Waals surface area contributed by atoms with Crippen molar-refractivity contribution < 1.29 is 14.3 Å². The molecule has 4 aromatic rings. The predicted octanol–water partition coefficient (Wildman–Crippen LogP) is 7.60. The number of hydrogen-bond acceptors (Lipinski definition) is 5. The van der Waals surface area contributed by atoms with Crippen molar-refractivity contribution in [1.29, 1.82) is 0 Å². The van der Waals surface area contributed by atoms with E-state index in [0.717, 1.165) is 16.7 Å². The number of fused-ring (bicyclic) bond motifs is 1. The van der Waals surface area contributed by atoms with Crippen LogP contribution in [0.4, 0.5) is 0 Å². The van der Waals surface area contributed by atoms with E-state index < -0.39 is 6.04 Å². The van der Waals surface area contributed by atoms with Gasteiger partial charge in [0, 0.05) is 11.2 Å². The van der Waals surface area contributed by atoms with Crippen molar-refractivity contribution in [1.82, 2.24) is 4.90 Å². The number of imide groups is 1. The lowest BCUT2D eigenvalue weighted by molar-refractivity contribution is 0.0554. The maximum Gasteiger partial charge on any atom is 0.262 e. The fourth-order valence-corrected chi connectivity index (χ4v) is 6.64. The van der Waals surface area contributed by atoms with Gasteiger partial charge in [0.25, 0.3) is 11.8 Å². The Morgan fingerprint density at radius 1 is 0.711 bits per heavy atom. The second kappa shape index (κ2) is 11.8. The summed E-state index contributed by atoms with van der Waals surface area (Å²) in [4.78, 5) is 29.2. The van der Waals surface area contributed by atoms with Crippen molar-refractivity contribution >= 4 is 40.2 Å². The molecule has 1 heterocycles. The van der Waals surface area contributed by atoms with Gasteiger partial charge in [-0.1, -0.05) is 115 Å². The molecule has 0 aliphatic carbocycles. The molecule has 4 nitrogen and oxygen atoms in total. The first kappa shape index (κ1) is 25.9. The molecule has 3 unspecified atom stereocenters. The lowest BCUT2D eigenvalue weighted by Crippen LogP contribution is -2.39. The van der Waals surface area contributed by atoms with E-state index >= 15 is 0 Å². The third-order valence-electron chi connectivity index (χ3n) is 6.71. The molecule has 0 saturated carbocycles. The SMILES string of the molecule is CCOC(=S)SC(c1ccccc1)C(c1ccccc1)C(c1ccccc1)N1C(=O)c2ccccc2C1=O. The quantitative estimate of drug-likeness (QED) is 0.171. The number of benzene rings is 4. The maximum absolute atomic E-state index is 13.9. The number of amides is 2. The van der Waals surface area contributed by atoms with Crippen molar-refractivity contribution in [2.75, 3.05) is 6.61 Å². The van der Waals surface area contributed by atoms with Gasteiger partial charge in [0.1, 0.15) is 0 Å². The first-order chi connectivity index (χ1) is 18.6. The van der Waals surface area contributed by atoms with Crippen LogP contribution in [0.25, 0.3) is 0 Å². The molecule has 5 rings (SSSR count). The molecule has 3 atom stereocenters. The van der Waals surface area contributed by atoms with Crippen molar-refractivity contribution in [3.63, 3.8) is 0 Å². The standard InChI is InChI=1S/C32H27NO3S2/c1-2-36-32(37)38-29(24-18-10-5-11-19-24)27(22-14-6-3-7-15-22)28(23-16-8-4-9-17-23)33-30(34)25-20-12-13-21-26(25)31(33)35/h3-21,27-29H,2H2,1H3. The van der Waals surface area contributed by atoms with Crippen molar-refractivity contribution in [2.24, 2.45) is 0 Å². The van der Waals surface area contributed by atoms with Crippen molar-refractivity contribution in [3.05, 3.63) is 143 Å². The Morgan fingerprint density at radius 2 is 1.16 bits per heavy atom. The number of carbonyl (C=O) groups is 2. The van der Waals surface area contributed by atoms with Crippen LogP contribution >= 0.6 is 24.0 Å². The van der Waals surface area contributed by atoms with E-state index in [2.05, 4.69) is 24.3 Å². The Morgan fingerprint density at radius 3 is 1.66 bits per heavy atom. The summed E-state index contributed by atoms with van der Waals surface area (Å²) < 4.78 is 6.16. The van der Waals surface area contributed by atoms with Gasteiger partial charge in [-0.2, -0.15) is 0 Å². The van der Waals surface area contributed by atoms with E-state index in [9.17, 15) is 9.59 Å². The van der Waals surface area contributed by atoms with E-state index in [0.29, 0.717) is 22.1 Å². The fourth-order valence-electron chi connectivity index (χ4n) is 5.07. The molecule has 1 aliphatic rings. The van der Waals surface area contributed by atoms with Gasteiger partial charge in [0.2, 0.25) is 4.38 Å². The van der Waals surface area contributed by atoms with Crippen LogP contribution in [0.15, 0.2) is 115 Å². The van der Waals surface area contributed by atoms with Gasteiger partial charge >= 0.3 is 0 Å². The molecule has 1 aliphatic heterocycles. The van der Waals surface area contributed by atoms with Crippen LogP contribution in [-0.2, 0) is 4.74 Å². The second-order valence-electron chi connectivity index (χ2n) is 8.95. The predicted molar refractivity (Wildman–Crippen MR) is 156 cm³/mol. The molecule has 190 valence electrons. The molecule has 2 amide bonds. The number of hydrogen-bond donors (Lipinski definition) is 0. The molecule has 0 bridgehead atoms. The molecular formula is C32H27NO3S2. The van der Waals surface area contributed by atoms with Crippen molar-refractivity contribution in [3.8, 4) is 0 Å². The molecule has 0 radical (unpaired) electrons. The Bertz CT molecular complexity index is 1390. The van der Waals surface area contributed by atoms with Crippen molar-refractivity contribution in [2.45, 2.75) is 24.1 Å². The second-order valence-corrected chi connectivity index (χ2v) is 10.7. The number of thioether (sulfide) groups is 1. The lowest BCUT2D eigenvalue weighted by atomic mass is 9.81. The van der Waals surface area contributed by atoms with Crippen LogP contribution in [0.3, 0.4) is 0 Å². The summed E-state index contributed by atoms with van der Waals surface area (Å²) in [6.45, 7) is 2.37. The zero-order valence-corrected chi connectivity index (χ0v) is 22.5. The summed E-state index contributed by atoms with van der Waals surface area (Å²) in [6, 6.07) is 36.4. The molecule has 0 aromatic heterocycles. The molecule has 0 saturated heterocycles. The highest BCUT2D eigenvalue weighted by Crippen LogP contribution is 2.52. The average molecular weight is 538 g/mol.